The molecular weight excluding hydrogens is 331 g/mol. The van der Waals surface area contributed by atoms with Crippen molar-refractivity contribution in [3.05, 3.63) is 32.9 Å². The van der Waals surface area contributed by atoms with Crippen LogP contribution in [0.1, 0.15) is 5.69 Å². The second-order valence-corrected chi connectivity index (χ2v) is 4.42. The number of nitrogens with zero attached hydrogens (tertiary/aromatic N) is 2. The number of hydrogen-bond donors (Lipinski definition) is 0. The zero-order valence-electron chi connectivity index (χ0n) is 7.59. The number of aryl methyl sites for hydroxylation is 1. The van der Waals surface area contributed by atoms with Gasteiger partial charge in [0.25, 0.3) is 0 Å². The van der Waals surface area contributed by atoms with E-state index in [0.717, 1.165) is 0 Å². The first-order valence-electron chi connectivity index (χ1n) is 4.03. The van der Waals surface area contributed by atoms with E-state index in [4.69, 9.17) is 4.42 Å². The largest absolute Gasteiger partial charge is 0.446 e. The van der Waals surface area contributed by atoms with Gasteiger partial charge in [-0.05, 0) is 50.9 Å². The Morgan fingerprint density at radius 1 is 1.27 bits per heavy atom. The molecule has 0 aromatic carbocycles. The lowest BCUT2D eigenvalue weighted by molar-refractivity contribution is 0.538. The van der Waals surface area contributed by atoms with Crippen LogP contribution in [-0.4, -0.2) is 9.97 Å². The Hall–Kier alpha value is -0.750. The van der Waals surface area contributed by atoms with Crippen LogP contribution in [0.5, 0.6) is 0 Å². The number of halogens is 3. The molecule has 2 aromatic heterocycles. The molecule has 0 N–H and O–H groups in total. The Balaban J connectivity index is 2.55. The molecule has 0 spiro atoms. The Kier molecular flexibility index (Phi) is 2.88. The van der Waals surface area contributed by atoms with E-state index in [1.165, 1.54) is 0 Å². The highest BCUT2D eigenvalue weighted by molar-refractivity contribution is 9.10. The highest BCUT2D eigenvalue weighted by Gasteiger charge is 2.12. The second-order valence-electron chi connectivity index (χ2n) is 2.84. The summed E-state index contributed by atoms with van der Waals surface area (Å²) in [4.78, 5) is 7.78. The summed E-state index contributed by atoms with van der Waals surface area (Å²) in [5, 5.41) is 0. The summed E-state index contributed by atoms with van der Waals surface area (Å²) in [5.74, 6) is 0.0697. The smallest absolute Gasteiger partial charge is 0.231 e. The van der Waals surface area contributed by atoms with Crippen molar-refractivity contribution < 1.29 is 8.81 Å². The van der Waals surface area contributed by atoms with Gasteiger partial charge in [0.05, 0.1) is 10.2 Å². The highest BCUT2D eigenvalue weighted by Crippen LogP contribution is 2.25. The Labute approximate surface area is 102 Å². The molecule has 78 valence electrons. The third-order valence-corrected chi connectivity index (χ3v) is 3.10. The lowest BCUT2D eigenvalue weighted by Crippen LogP contribution is -1.96. The van der Waals surface area contributed by atoms with E-state index in [1.54, 1.807) is 19.1 Å². The summed E-state index contributed by atoms with van der Waals surface area (Å²) in [6.07, 6.45) is 0. The maximum Gasteiger partial charge on any atom is 0.231 e. The molecule has 2 heterocycles. The van der Waals surface area contributed by atoms with Gasteiger partial charge in [-0.2, -0.15) is 9.37 Å². The average Bonchev–Trinajstić information content (AvgIpc) is 2.60. The van der Waals surface area contributed by atoms with Gasteiger partial charge in [0, 0.05) is 0 Å². The molecule has 0 aliphatic rings. The van der Waals surface area contributed by atoms with Crippen LogP contribution in [0.2, 0.25) is 0 Å². The van der Waals surface area contributed by atoms with Crippen LogP contribution >= 0.6 is 31.9 Å². The highest BCUT2D eigenvalue weighted by atomic mass is 79.9. The van der Waals surface area contributed by atoms with Crippen LogP contribution in [0.4, 0.5) is 4.39 Å². The van der Waals surface area contributed by atoms with E-state index in [1.807, 2.05) is 0 Å². The first-order valence-corrected chi connectivity index (χ1v) is 5.62. The van der Waals surface area contributed by atoms with E-state index in [-0.39, 0.29) is 10.3 Å². The molecule has 0 radical (unpaired) electrons. The molecule has 0 aliphatic carbocycles. The van der Waals surface area contributed by atoms with Gasteiger partial charge < -0.3 is 4.42 Å². The van der Waals surface area contributed by atoms with Crippen LogP contribution in [0.15, 0.2) is 25.7 Å². The molecule has 0 unspecified atom stereocenters. The molecule has 0 amide bonds. The minimum Gasteiger partial charge on any atom is -0.446 e. The van der Waals surface area contributed by atoms with E-state index < -0.39 is 5.95 Å². The molecular formula is C9H5Br2FN2O. The van der Waals surface area contributed by atoms with Gasteiger partial charge in [0.1, 0.15) is 0 Å². The molecule has 0 saturated carbocycles. The van der Waals surface area contributed by atoms with Crippen LogP contribution in [-0.2, 0) is 0 Å². The SMILES string of the molecule is Cc1nc(-c2ccc(Br)o2)nc(F)c1Br. The van der Waals surface area contributed by atoms with Gasteiger partial charge in [0.2, 0.25) is 5.95 Å². The fourth-order valence-corrected chi connectivity index (χ4v) is 1.55. The normalized spacial score (nSPS) is 10.7. The third-order valence-electron chi connectivity index (χ3n) is 1.77. The Morgan fingerprint density at radius 2 is 2.00 bits per heavy atom. The predicted octanol–water partition coefficient (Wildman–Crippen LogP) is 3.71. The lowest BCUT2D eigenvalue weighted by atomic mass is 10.4. The first kappa shape index (κ1) is 10.8. The Morgan fingerprint density at radius 3 is 2.53 bits per heavy atom. The van der Waals surface area contributed by atoms with Gasteiger partial charge in [-0.1, -0.05) is 0 Å². The lowest BCUT2D eigenvalue weighted by Gasteiger charge is -2.00. The van der Waals surface area contributed by atoms with Crippen molar-refractivity contribution in [1.82, 2.24) is 9.97 Å². The fraction of sp³-hybridized carbons (Fsp3) is 0.111. The summed E-state index contributed by atoms with van der Waals surface area (Å²) in [6, 6.07) is 3.38. The molecule has 0 saturated heterocycles. The van der Waals surface area contributed by atoms with Crippen molar-refractivity contribution in [2.24, 2.45) is 0 Å². The minimum atomic E-state index is -0.593. The number of hydrogen-bond acceptors (Lipinski definition) is 3. The molecule has 6 heteroatoms. The molecule has 3 nitrogen and oxygen atoms in total. The van der Waals surface area contributed by atoms with Gasteiger partial charge in [-0.3, -0.25) is 0 Å². The van der Waals surface area contributed by atoms with Crippen LogP contribution in [0, 0.1) is 12.9 Å². The molecule has 2 rings (SSSR count). The molecule has 0 atom stereocenters. The van der Waals surface area contributed by atoms with Gasteiger partial charge >= 0.3 is 0 Å². The maximum absolute atomic E-state index is 13.3. The molecule has 0 fully saturated rings. The molecule has 0 bridgehead atoms. The summed E-state index contributed by atoms with van der Waals surface area (Å²) < 4.78 is 19.3. The quantitative estimate of drug-likeness (QED) is 0.746. The van der Waals surface area contributed by atoms with E-state index >= 15 is 0 Å². The fourth-order valence-electron chi connectivity index (χ4n) is 1.07. The van der Waals surface area contributed by atoms with E-state index in [0.29, 0.717) is 16.1 Å². The number of aromatic nitrogens is 2. The van der Waals surface area contributed by atoms with Crippen LogP contribution < -0.4 is 0 Å². The van der Waals surface area contributed by atoms with Crippen LogP contribution in [0.3, 0.4) is 0 Å². The van der Waals surface area contributed by atoms with E-state index in [2.05, 4.69) is 41.8 Å². The van der Waals surface area contributed by atoms with Crippen molar-refractivity contribution in [2.45, 2.75) is 6.92 Å². The third kappa shape index (κ3) is 2.10. The van der Waals surface area contributed by atoms with Gasteiger partial charge in [-0.25, -0.2) is 4.98 Å². The average molecular weight is 336 g/mol. The zero-order chi connectivity index (χ0) is 11.0. The molecule has 2 aromatic rings. The minimum absolute atomic E-state index is 0.235. The maximum atomic E-state index is 13.3. The summed E-state index contributed by atoms with van der Waals surface area (Å²) in [6.45, 7) is 1.69. The van der Waals surface area contributed by atoms with Gasteiger partial charge in [-0.15, -0.1) is 0 Å². The second kappa shape index (κ2) is 4.02. The summed E-state index contributed by atoms with van der Waals surface area (Å²) >= 11 is 6.21. The van der Waals surface area contributed by atoms with Crippen LogP contribution in [0.25, 0.3) is 11.6 Å². The molecule has 15 heavy (non-hydrogen) atoms. The predicted molar refractivity (Wildman–Crippen MR) is 59.8 cm³/mol. The van der Waals surface area contributed by atoms with E-state index in [9.17, 15) is 4.39 Å². The first-order chi connectivity index (χ1) is 7.08. The Bertz CT molecular complexity index is 490. The zero-order valence-corrected chi connectivity index (χ0v) is 10.8. The standard InChI is InChI=1S/C9H5Br2FN2O/c1-4-7(11)8(12)14-9(13-4)5-2-3-6(10)15-5/h2-3H,1H3. The summed E-state index contributed by atoms with van der Waals surface area (Å²) in [5.41, 5.74) is 0.532. The van der Waals surface area contributed by atoms with Gasteiger partial charge in [0.15, 0.2) is 16.3 Å². The number of rotatable bonds is 1. The van der Waals surface area contributed by atoms with Crippen molar-refractivity contribution in [1.29, 1.82) is 0 Å². The van der Waals surface area contributed by atoms with Crippen molar-refractivity contribution in [2.75, 3.05) is 0 Å². The van der Waals surface area contributed by atoms with Crippen molar-refractivity contribution >= 4 is 31.9 Å². The topological polar surface area (TPSA) is 38.9 Å². The van der Waals surface area contributed by atoms with Crippen molar-refractivity contribution in [3.63, 3.8) is 0 Å². The molecule has 0 aliphatic heterocycles. The van der Waals surface area contributed by atoms with Crippen molar-refractivity contribution in [3.8, 4) is 11.6 Å². The summed E-state index contributed by atoms with van der Waals surface area (Å²) in [7, 11) is 0. The monoisotopic (exact) mass is 334 g/mol. The number of furan rings is 1.